The highest BCUT2D eigenvalue weighted by Crippen LogP contribution is 2.10. The fourth-order valence-corrected chi connectivity index (χ4v) is 1.19. The van der Waals surface area contributed by atoms with Crippen LogP contribution in [0.1, 0.15) is 10.4 Å². The first-order chi connectivity index (χ1) is 6.81. The van der Waals surface area contributed by atoms with Crippen molar-refractivity contribution in [3.05, 3.63) is 36.2 Å². The molecule has 0 aliphatic carbocycles. The van der Waals surface area contributed by atoms with Gasteiger partial charge < -0.3 is 0 Å². The standard InChI is InChI=1S/C11H6N2O/c1-2-11(14)8-3-4-9-10(7-8)13-6-5-12-9/h1,3-7H. The Balaban J connectivity index is 2.64. The highest BCUT2D eigenvalue weighted by molar-refractivity contribution is 6.09. The summed E-state index contributed by atoms with van der Waals surface area (Å²) in [6, 6.07) is 5.02. The number of ketones is 1. The summed E-state index contributed by atoms with van der Waals surface area (Å²) in [6.45, 7) is 0. The van der Waals surface area contributed by atoms with Gasteiger partial charge in [0, 0.05) is 18.0 Å². The minimum absolute atomic E-state index is 0.336. The van der Waals surface area contributed by atoms with Gasteiger partial charge in [0.05, 0.1) is 11.0 Å². The molecule has 0 aliphatic heterocycles. The van der Waals surface area contributed by atoms with E-state index in [-0.39, 0.29) is 5.78 Å². The number of Topliss-reactive ketones (excluding diaryl/α,β-unsaturated/α-hetero) is 1. The van der Waals surface area contributed by atoms with Crippen molar-refractivity contribution in [3.8, 4) is 12.3 Å². The van der Waals surface area contributed by atoms with Gasteiger partial charge in [0.1, 0.15) is 0 Å². The number of nitrogens with zero attached hydrogens (tertiary/aromatic N) is 2. The molecule has 0 fully saturated rings. The van der Waals surface area contributed by atoms with Crippen LogP contribution in [0.3, 0.4) is 0 Å². The van der Waals surface area contributed by atoms with Crippen LogP contribution in [-0.2, 0) is 0 Å². The Bertz CT molecular complexity index is 540. The molecule has 2 rings (SSSR count). The number of carbonyl (C=O) groups is 1. The van der Waals surface area contributed by atoms with Gasteiger partial charge in [0.15, 0.2) is 0 Å². The Morgan fingerprint density at radius 3 is 2.64 bits per heavy atom. The maximum Gasteiger partial charge on any atom is 0.235 e. The molecule has 1 aromatic carbocycles. The van der Waals surface area contributed by atoms with Crippen LogP contribution in [0.15, 0.2) is 30.6 Å². The Morgan fingerprint density at radius 1 is 1.21 bits per heavy atom. The van der Waals surface area contributed by atoms with Gasteiger partial charge in [-0.25, -0.2) is 0 Å². The summed E-state index contributed by atoms with van der Waals surface area (Å²) in [5.41, 5.74) is 1.90. The van der Waals surface area contributed by atoms with Crippen molar-refractivity contribution in [2.24, 2.45) is 0 Å². The number of aromatic nitrogens is 2. The molecule has 0 N–H and O–H groups in total. The van der Waals surface area contributed by atoms with Crippen molar-refractivity contribution in [1.82, 2.24) is 9.97 Å². The van der Waals surface area contributed by atoms with Crippen LogP contribution in [0.4, 0.5) is 0 Å². The average molecular weight is 182 g/mol. The lowest BCUT2D eigenvalue weighted by atomic mass is 10.1. The van der Waals surface area contributed by atoms with E-state index in [4.69, 9.17) is 6.42 Å². The zero-order valence-electron chi connectivity index (χ0n) is 7.27. The Hall–Kier alpha value is -2.21. The molecule has 0 amide bonds. The largest absolute Gasteiger partial charge is 0.279 e. The van der Waals surface area contributed by atoms with Crippen molar-refractivity contribution in [1.29, 1.82) is 0 Å². The van der Waals surface area contributed by atoms with E-state index in [1.165, 1.54) is 0 Å². The van der Waals surface area contributed by atoms with Crippen LogP contribution >= 0.6 is 0 Å². The minimum atomic E-state index is -0.336. The number of carbonyl (C=O) groups excluding carboxylic acids is 1. The van der Waals surface area contributed by atoms with Gasteiger partial charge in [-0.2, -0.15) is 0 Å². The van der Waals surface area contributed by atoms with Crippen molar-refractivity contribution >= 4 is 16.8 Å². The van der Waals surface area contributed by atoms with Gasteiger partial charge in [-0.05, 0) is 24.1 Å². The Kier molecular flexibility index (Phi) is 1.96. The molecule has 0 saturated carbocycles. The zero-order chi connectivity index (χ0) is 9.97. The van der Waals surface area contributed by atoms with E-state index in [9.17, 15) is 4.79 Å². The van der Waals surface area contributed by atoms with Crippen molar-refractivity contribution in [3.63, 3.8) is 0 Å². The predicted molar refractivity (Wildman–Crippen MR) is 52.7 cm³/mol. The molecule has 0 bridgehead atoms. The lowest BCUT2D eigenvalue weighted by Gasteiger charge is -1.97. The molecule has 14 heavy (non-hydrogen) atoms. The third-order valence-electron chi connectivity index (χ3n) is 1.86. The van der Waals surface area contributed by atoms with Crippen LogP contribution in [0.25, 0.3) is 11.0 Å². The summed E-state index contributed by atoms with van der Waals surface area (Å²) in [5, 5.41) is 0. The van der Waals surface area contributed by atoms with E-state index in [1.54, 1.807) is 30.6 Å². The molecule has 3 nitrogen and oxygen atoms in total. The first-order valence-electron chi connectivity index (χ1n) is 4.03. The smallest absolute Gasteiger partial charge is 0.235 e. The molecule has 0 atom stereocenters. The lowest BCUT2D eigenvalue weighted by Crippen LogP contribution is -1.94. The number of hydrogen-bond acceptors (Lipinski definition) is 3. The first-order valence-corrected chi connectivity index (χ1v) is 4.03. The number of benzene rings is 1. The molecule has 1 aromatic heterocycles. The molecule has 66 valence electrons. The minimum Gasteiger partial charge on any atom is -0.279 e. The molecule has 0 unspecified atom stereocenters. The quantitative estimate of drug-likeness (QED) is 0.381. The van der Waals surface area contributed by atoms with E-state index in [0.717, 1.165) is 5.52 Å². The molecule has 1 heterocycles. The number of rotatable bonds is 1. The second kappa shape index (κ2) is 3.27. The Labute approximate surface area is 80.8 Å². The van der Waals surface area contributed by atoms with Crippen molar-refractivity contribution < 1.29 is 4.79 Å². The van der Waals surface area contributed by atoms with Gasteiger partial charge in [-0.1, -0.05) is 0 Å². The van der Waals surface area contributed by atoms with E-state index in [1.807, 2.05) is 0 Å². The van der Waals surface area contributed by atoms with E-state index in [2.05, 4.69) is 15.9 Å². The molecule has 2 aromatic rings. The summed E-state index contributed by atoms with van der Waals surface area (Å²) >= 11 is 0. The van der Waals surface area contributed by atoms with Crippen LogP contribution in [-0.4, -0.2) is 15.8 Å². The highest BCUT2D eigenvalue weighted by Gasteiger charge is 2.03. The molecule has 0 saturated heterocycles. The maximum absolute atomic E-state index is 11.2. The summed E-state index contributed by atoms with van der Waals surface area (Å²) < 4.78 is 0. The van der Waals surface area contributed by atoms with Crippen LogP contribution in [0, 0.1) is 12.3 Å². The maximum atomic E-state index is 11.2. The van der Waals surface area contributed by atoms with Crippen molar-refractivity contribution in [2.45, 2.75) is 0 Å². The second-order valence-corrected chi connectivity index (χ2v) is 2.73. The fraction of sp³-hybridized carbons (Fsp3) is 0. The van der Waals surface area contributed by atoms with E-state index >= 15 is 0 Å². The van der Waals surface area contributed by atoms with Crippen LogP contribution in [0.2, 0.25) is 0 Å². The van der Waals surface area contributed by atoms with Gasteiger partial charge in [0.2, 0.25) is 5.78 Å². The zero-order valence-corrected chi connectivity index (χ0v) is 7.27. The number of terminal acetylenes is 1. The van der Waals surface area contributed by atoms with Crippen LogP contribution < -0.4 is 0 Å². The molecule has 0 aliphatic rings. The monoisotopic (exact) mass is 182 g/mol. The molecule has 3 heteroatoms. The van der Waals surface area contributed by atoms with Gasteiger partial charge >= 0.3 is 0 Å². The van der Waals surface area contributed by atoms with E-state index in [0.29, 0.717) is 11.1 Å². The average Bonchev–Trinajstić information content (AvgIpc) is 2.27. The second-order valence-electron chi connectivity index (χ2n) is 2.73. The molecular weight excluding hydrogens is 176 g/mol. The molecule has 0 radical (unpaired) electrons. The summed E-state index contributed by atoms with van der Waals surface area (Å²) in [7, 11) is 0. The molecular formula is C11H6N2O. The SMILES string of the molecule is C#CC(=O)c1ccc2nccnc2c1. The normalized spacial score (nSPS) is 9.64. The third-order valence-corrected chi connectivity index (χ3v) is 1.86. The number of fused-ring (bicyclic) bond motifs is 1. The topological polar surface area (TPSA) is 42.9 Å². The summed E-state index contributed by atoms with van der Waals surface area (Å²) in [6.07, 6.45) is 8.19. The fourth-order valence-electron chi connectivity index (χ4n) is 1.19. The Morgan fingerprint density at radius 2 is 1.93 bits per heavy atom. The summed E-state index contributed by atoms with van der Waals surface area (Å²) in [5.74, 6) is 1.72. The van der Waals surface area contributed by atoms with Crippen molar-refractivity contribution in [2.75, 3.05) is 0 Å². The highest BCUT2D eigenvalue weighted by atomic mass is 16.1. The number of hydrogen-bond donors (Lipinski definition) is 0. The first kappa shape index (κ1) is 8.39. The lowest BCUT2D eigenvalue weighted by molar-refractivity contribution is 0.105. The van der Waals surface area contributed by atoms with Gasteiger partial charge in [-0.15, -0.1) is 6.42 Å². The van der Waals surface area contributed by atoms with Gasteiger partial charge in [0.25, 0.3) is 0 Å². The van der Waals surface area contributed by atoms with Gasteiger partial charge in [-0.3, -0.25) is 14.8 Å². The van der Waals surface area contributed by atoms with Crippen LogP contribution in [0.5, 0.6) is 0 Å². The third kappa shape index (κ3) is 1.34. The molecule has 0 spiro atoms. The summed E-state index contributed by atoms with van der Waals surface area (Å²) in [4.78, 5) is 19.3. The predicted octanol–water partition coefficient (Wildman–Crippen LogP) is 1.45. The van der Waals surface area contributed by atoms with E-state index < -0.39 is 0 Å².